The zero-order valence-electron chi connectivity index (χ0n) is 8.14. The van der Waals surface area contributed by atoms with E-state index in [2.05, 4.69) is 5.32 Å². The summed E-state index contributed by atoms with van der Waals surface area (Å²) in [6.07, 6.45) is -0.203. The Balaban J connectivity index is 2.13. The van der Waals surface area contributed by atoms with E-state index in [4.69, 9.17) is 11.6 Å². The fraction of sp³-hybridized carbons (Fsp3) is 0.455. The molecule has 15 heavy (non-hydrogen) atoms. The molecule has 1 nitrogen and oxygen atoms in total. The summed E-state index contributed by atoms with van der Waals surface area (Å²) >= 11 is 5.74. The molecular formula is C11H12ClF2N. The normalized spacial score (nSPS) is 25.1. The van der Waals surface area contributed by atoms with Crippen molar-refractivity contribution in [2.24, 2.45) is 0 Å². The molecule has 1 aromatic rings. The summed E-state index contributed by atoms with van der Waals surface area (Å²) in [4.78, 5) is 0. The monoisotopic (exact) mass is 231 g/mol. The minimum Gasteiger partial charge on any atom is -0.310 e. The van der Waals surface area contributed by atoms with Gasteiger partial charge < -0.3 is 5.32 Å². The van der Waals surface area contributed by atoms with Gasteiger partial charge in [0.25, 0.3) is 5.92 Å². The Hall–Kier alpha value is -0.670. The van der Waals surface area contributed by atoms with Crippen LogP contribution in [0.15, 0.2) is 24.3 Å². The Bertz CT molecular complexity index is 337. The van der Waals surface area contributed by atoms with Crippen molar-refractivity contribution in [3.8, 4) is 0 Å². The standard InChI is InChI=1S/C11H12ClF2N/c12-9-3-1-8(2-4-9)10-7-11(13,14)5-6-15-10/h1-4,10,15H,5-7H2. The van der Waals surface area contributed by atoms with E-state index in [0.717, 1.165) is 5.56 Å². The first-order valence-corrected chi connectivity index (χ1v) is 5.31. The highest BCUT2D eigenvalue weighted by Crippen LogP contribution is 2.34. The summed E-state index contributed by atoms with van der Waals surface area (Å²) in [6, 6.07) is 6.78. The molecule has 0 aliphatic carbocycles. The van der Waals surface area contributed by atoms with Gasteiger partial charge in [-0.05, 0) is 17.7 Å². The fourth-order valence-corrected chi connectivity index (χ4v) is 1.96. The second kappa shape index (κ2) is 4.06. The van der Waals surface area contributed by atoms with Crippen LogP contribution >= 0.6 is 11.6 Å². The number of benzene rings is 1. The van der Waals surface area contributed by atoms with Gasteiger partial charge in [0.2, 0.25) is 0 Å². The molecule has 82 valence electrons. The van der Waals surface area contributed by atoms with Gasteiger partial charge in [-0.15, -0.1) is 0 Å². The SMILES string of the molecule is FC1(F)CCNC(c2ccc(Cl)cc2)C1. The number of halogens is 3. The summed E-state index contributed by atoms with van der Waals surface area (Å²) in [5.74, 6) is -2.55. The molecule has 1 aromatic carbocycles. The van der Waals surface area contributed by atoms with Gasteiger partial charge in [-0.1, -0.05) is 23.7 Å². The molecule has 1 saturated heterocycles. The quantitative estimate of drug-likeness (QED) is 0.781. The van der Waals surface area contributed by atoms with Crippen molar-refractivity contribution in [1.29, 1.82) is 0 Å². The Morgan fingerprint density at radius 1 is 1.27 bits per heavy atom. The van der Waals surface area contributed by atoms with Gasteiger partial charge in [0.15, 0.2) is 0 Å². The summed E-state index contributed by atoms with van der Waals surface area (Å²) in [5.41, 5.74) is 0.874. The molecule has 1 atom stereocenters. The largest absolute Gasteiger partial charge is 0.310 e. The highest BCUT2D eigenvalue weighted by molar-refractivity contribution is 6.30. The average Bonchev–Trinajstić information content (AvgIpc) is 2.17. The van der Waals surface area contributed by atoms with Gasteiger partial charge in [0, 0.05) is 30.5 Å². The number of rotatable bonds is 1. The Kier molecular flexibility index (Phi) is 2.94. The van der Waals surface area contributed by atoms with Crippen LogP contribution in [0.4, 0.5) is 8.78 Å². The first-order valence-electron chi connectivity index (χ1n) is 4.93. The molecule has 1 unspecified atom stereocenters. The number of nitrogens with one attached hydrogen (secondary N) is 1. The Labute approximate surface area is 92.4 Å². The molecule has 1 fully saturated rings. The smallest absolute Gasteiger partial charge is 0.251 e. The van der Waals surface area contributed by atoms with Gasteiger partial charge in [-0.3, -0.25) is 0 Å². The molecule has 0 amide bonds. The van der Waals surface area contributed by atoms with Gasteiger partial charge in [-0.25, -0.2) is 8.78 Å². The molecular weight excluding hydrogens is 220 g/mol. The van der Waals surface area contributed by atoms with E-state index in [1.807, 2.05) is 0 Å². The van der Waals surface area contributed by atoms with Crippen molar-refractivity contribution in [3.05, 3.63) is 34.9 Å². The Morgan fingerprint density at radius 3 is 2.53 bits per heavy atom. The third-order valence-electron chi connectivity index (χ3n) is 2.66. The zero-order chi connectivity index (χ0) is 10.9. The van der Waals surface area contributed by atoms with Crippen LogP contribution in [0, 0.1) is 0 Å². The summed E-state index contributed by atoms with van der Waals surface area (Å²) in [7, 11) is 0. The molecule has 0 saturated carbocycles. The molecule has 1 N–H and O–H groups in total. The van der Waals surface area contributed by atoms with Crippen LogP contribution in [-0.2, 0) is 0 Å². The molecule has 0 bridgehead atoms. The molecule has 2 rings (SSSR count). The predicted octanol–water partition coefficient (Wildman–Crippen LogP) is 3.40. The van der Waals surface area contributed by atoms with Crippen molar-refractivity contribution in [2.45, 2.75) is 24.8 Å². The molecule has 0 spiro atoms. The summed E-state index contributed by atoms with van der Waals surface area (Å²) < 4.78 is 26.3. The molecule has 0 radical (unpaired) electrons. The highest BCUT2D eigenvalue weighted by Gasteiger charge is 2.36. The minimum atomic E-state index is -2.55. The van der Waals surface area contributed by atoms with Gasteiger partial charge in [-0.2, -0.15) is 0 Å². The van der Waals surface area contributed by atoms with Gasteiger partial charge in [0.1, 0.15) is 0 Å². The lowest BCUT2D eigenvalue weighted by atomic mass is 9.95. The van der Waals surface area contributed by atoms with Crippen molar-refractivity contribution >= 4 is 11.6 Å². The van der Waals surface area contributed by atoms with Crippen LogP contribution in [0.2, 0.25) is 5.02 Å². The second-order valence-electron chi connectivity index (χ2n) is 3.87. The zero-order valence-corrected chi connectivity index (χ0v) is 8.90. The van der Waals surface area contributed by atoms with E-state index >= 15 is 0 Å². The van der Waals surface area contributed by atoms with Gasteiger partial charge in [0.05, 0.1) is 0 Å². The maximum absolute atomic E-state index is 13.2. The number of hydrogen-bond donors (Lipinski definition) is 1. The topological polar surface area (TPSA) is 12.0 Å². The molecule has 1 heterocycles. The van der Waals surface area contributed by atoms with Crippen molar-refractivity contribution in [1.82, 2.24) is 5.32 Å². The lowest BCUT2D eigenvalue weighted by molar-refractivity contribution is -0.0415. The van der Waals surface area contributed by atoms with Crippen LogP contribution in [0.3, 0.4) is 0 Å². The maximum atomic E-state index is 13.2. The van der Waals surface area contributed by atoms with E-state index in [9.17, 15) is 8.78 Å². The third kappa shape index (κ3) is 2.67. The van der Waals surface area contributed by atoms with Crippen molar-refractivity contribution in [2.75, 3.05) is 6.54 Å². The Morgan fingerprint density at radius 2 is 1.93 bits per heavy atom. The summed E-state index contributed by atoms with van der Waals surface area (Å²) in [6.45, 7) is 0.361. The van der Waals surface area contributed by atoms with Crippen molar-refractivity contribution in [3.63, 3.8) is 0 Å². The fourth-order valence-electron chi connectivity index (χ4n) is 1.83. The van der Waals surface area contributed by atoms with E-state index in [1.54, 1.807) is 24.3 Å². The van der Waals surface area contributed by atoms with E-state index < -0.39 is 5.92 Å². The van der Waals surface area contributed by atoms with Crippen LogP contribution in [0.5, 0.6) is 0 Å². The number of hydrogen-bond acceptors (Lipinski definition) is 1. The van der Waals surface area contributed by atoms with E-state index in [1.165, 1.54) is 0 Å². The summed E-state index contributed by atoms with van der Waals surface area (Å²) in [5, 5.41) is 3.71. The number of alkyl halides is 2. The maximum Gasteiger partial charge on any atom is 0.251 e. The number of piperidine rings is 1. The van der Waals surface area contributed by atoms with Crippen LogP contribution in [0.25, 0.3) is 0 Å². The van der Waals surface area contributed by atoms with Crippen LogP contribution in [0.1, 0.15) is 24.4 Å². The first kappa shape index (κ1) is 10.8. The lowest BCUT2D eigenvalue weighted by Crippen LogP contribution is -2.38. The highest BCUT2D eigenvalue weighted by atomic mass is 35.5. The molecule has 1 aliphatic rings. The minimum absolute atomic E-state index is 0.0723. The first-order chi connectivity index (χ1) is 7.07. The van der Waals surface area contributed by atoms with E-state index in [0.29, 0.717) is 11.6 Å². The molecule has 4 heteroatoms. The van der Waals surface area contributed by atoms with E-state index in [-0.39, 0.29) is 18.9 Å². The third-order valence-corrected chi connectivity index (χ3v) is 2.91. The predicted molar refractivity (Wildman–Crippen MR) is 56.4 cm³/mol. The van der Waals surface area contributed by atoms with Gasteiger partial charge >= 0.3 is 0 Å². The molecule has 0 aromatic heterocycles. The van der Waals surface area contributed by atoms with Crippen LogP contribution in [-0.4, -0.2) is 12.5 Å². The average molecular weight is 232 g/mol. The van der Waals surface area contributed by atoms with Crippen LogP contribution < -0.4 is 5.32 Å². The molecule has 1 aliphatic heterocycles. The lowest BCUT2D eigenvalue weighted by Gasteiger charge is -2.30. The second-order valence-corrected chi connectivity index (χ2v) is 4.30. The van der Waals surface area contributed by atoms with Crippen molar-refractivity contribution < 1.29 is 8.78 Å².